The Morgan fingerprint density at radius 3 is 2.63 bits per heavy atom. The molecule has 0 saturated heterocycles. The van der Waals surface area contributed by atoms with E-state index in [1.54, 1.807) is 18.2 Å². The average Bonchev–Trinajstić information content (AvgIpc) is 2.78. The van der Waals surface area contributed by atoms with E-state index >= 15 is 0 Å². The minimum Gasteiger partial charge on any atom is -0.358 e. The van der Waals surface area contributed by atoms with Crippen LogP contribution in [-0.2, 0) is 17.1 Å². The molecule has 1 aliphatic rings. The summed E-state index contributed by atoms with van der Waals surface area (Å²) in [6.45, 7) is 7.20. The fourth-order valence-electron chi connectivity index (χ4n) is 2.27. The van der Waals surface area contributed by atoms with Crippen LogP contribution >= 0.6 is 0 Å². The summed E-state index contributed by atoms with van der Waals surface area (Å²) in [5, 5.41) is 10.6. The first-order chi connectivity index (χ1) is 9.13. The van der Waals surface area contributed by atoms with Crippen molar-refractivity contribution in [3.8, 4) is 0 Å². The molecule has 0 spiro atoms. The molecular weight excluding hydrogens is 245 g/mol. The van der Waals surface area contributed by atoms with Crippen LogP contribution in [0, 0.1) is 12.4 Å². The highest BCUT2D eigenvalue weighted by Gasteiger charge is 2.39. The van der Waals surface area contributed by atoms with Crippen molar-refractivity contribution in [3.05, 3.63) is 76.4 Å². The van der Waals surface area contributed by atoms with Crippen molar-refractivity contribution in [1.82, 2.24) is 0 Å². The predicted molar refractivity (Wildman–Crippen MR) is 66.9 cm³/mol. The van der Waals surface area contributed by atoms with E-state index in [2.05, 4.69) is 4.85 Å². The quantitative estimate of drug-likeness (QED) is 0.794. The third-order valence-corrected chi connectivity index (χ3v) is 3.26. The maximum absolute atomic E-state index is 12.9. The Morgan fingerprint density at radius 1 is 1.21 bits per heavy atom. The first-order valence-electron chi connectivity index (χ1n) is 5.77. The van der Waals surface area contributed by atoms with Crippen molar-refractivity contribution >= 4 is 5.69 Å². The summed E-state index contributed by atoms with van der Waals surface area (Å²) >= 11 is 0. The van der Waals surface area contributed by atoms with Gasteiger partial charge in [-0.1, -0.05) is 30.3 Å². The van der Waals surface area contributed by atoms with Crippen LogP contribution in [0.1, 0.15) is 16.7 Å². The smallest absolute Gasteiger partial charge is 0.220 e. The van der Waals surface area contributed by atoms with Gasteiger partial charge in [0.1, 0.15) is 5.82 Å². The van der Waals surface area contributed by atoms with Gasteiger partial charge in [-0.3, -0.25) is 0 Å². The van der Waals surface area contributed by atoms with Gasteiger partial charge in [-0.15, -0.1) is 0 Å². The molecule has 2 aromatic carbocycles. The molecule has 0 radical (unpaired) electrons. The van der Waals surface area contributed by atoms with E-state index < -0.39 is 5.79 Å². The lowest BCUT2D eigenvalue weighted by molar-refractivity contribution is -0.170. The van der Waals surface area contributed by atoms with Crippen molar-refractivity contribution in [2.45, 2.75) is 12.4 Å². The van der Waals surface area contributed by atoms with E-state index in [4.69, 9.17) is 11.3 Å². The number of halogens is 1. The largest absolute Gasteiger partial charge is 0.358 e. The summed E-state index contributed by atoms with van der Waals surface area (Å²) in [5.41, 5.74) is 2.36. The molecule has 1 atom stereocenters. The van der Waals surface area contributed by atoms with Crippen LogP contribution in [-0.4, -0.2) is 5.11 Å². The second-order valence-corrected chi connectivity index (χ2v) is 4.39. The number of nitrogens with zero attached hydrogens (tertiary/aromatic N) is 1. The van der Waals surface area contributed by atoms with Gasteiger partial charge in [-0.2, -0.15) is 0 Å². The summed E-state index contributed by atoms with van der Waals surface area (Å²) < 4.78 is 18.4. The van der Waals surface area contributed by atoms with Crippen LogP contribution < -0.4 is 0 Å². The predicted octanol–water partition coefficient (Wildman–Crippen LogP) is 3.10. The SMILES string of the molecule is [C-]#[N+]c1ccc2c(c1)COC2(O)c1ccc(F)cc1. The Kier molecular flexibility index (Phi) is 2.59. The number of hydrogen-bond acceptors (Lipinski definition) is 2. The van der Waals surface area contributed by atoms with Gasteiger partial charge < -0.3 is 9.84 Å². The minimum atomic E-state index is -1.57. The van der Waals surface area contributed by atoms with E-state index in [1.165, 1.54) is 24.3 Å². The molecule has 1 unspecified atom stereocenters. The molecule has 0 bridgehead atoms. The number of benzene rings is 2. The van der Waals surface area contributed by atoms with Gasteiger partial charge in [0.25, 0.3) is 0 Å². The fourth-order valence-corrected chi connectivity index (χ4v) is 2.27. The van der Waals surface area contributed by atoms with Crippen LogP contribution in [0.2, 0.25) is 0 Å². The lowest BCUT2D eigenvalue weighted by Crippen LogP contribution is -2.26. The Balaban J connectivity index is 2.10. The number of rotatable bonds is 1. The molecule has 4 heteroatoms. The van der Waals surface area contributed by atoms with Gasteiger partial charge in [0.05, 0.1) is 13.2 Å². The van der Waals surface area contributed by atoms with E-state index in [0.717, 1.165) is 5.56 Å². The van der Waals surface area contributed by atoms with Crippen LogP contribution in [0.25, 0.3) is 4.85 Å². The second kappa shape index (κ2) is 4.16. The number of ether oxygens (including phenoxy) is 1. The topological polar surface area (TPSA) is 33.8 Å². The van der Waals surface area contributed by atoms with Crippen molar-refractivity contribution < 1.29 is 14.2 Å². The third-order valence-electron chi connectivity index (χ3n) is 3.26. The van der Waals surface area contributed by atoms with Gasteiger partial charge in [0.2, 0.25) is 5.79 Å². The summed E-state index contributed by atoms with van der Waals surface area (Å²) in [7, 11) is 0. The number of aliphatic hydroxyl groups is 1. The zero-order valence-electron chi connectivity index (χ0n) is 9.93. The Morgan fingerprint density at radius 2 is 1.95 bits per heavy atom. The molecule has 1 aliphatic heterocycles. The highest BCUT2D eigenvalue weighted by atomic mass is 19.1. The van der Waals surface area contributed by atoms with Gasteiger partial charge in [-0.25, -0.2) is 9.24 Å². The fraction of sp³-hybridized carbons (Fsp3) is 0.133. The zero-order valence-corrected chi connectivity index (χ0v) is 9.93. The Labute approximate surface area is 109 Å². The number of hydrogen-bond donors (Lipinski definition) is 1. The first kappa shape index (κ1) is 11.8. The molecule has 0 aromatic heterocycles. The van der Waals surface area contributed by atoms with E-state index in [0.29, 0.717) is 16.8 Å². The molecule has 0 aliphatic carbocycles. The first-order valence-corrected chi connectivity index (χ1v) is 5.77. The highest BCUT2D eigenvalue weighted by Crippen LogP contribution is 2.40. The Bertz CT molecular complexity index is 676. The summed E-state index contributed by atoms with van der Waals surface area (Å²) in [5.74, 6) is -1.93. The molecule has 94 valence electrons. The molecule has 0 amide bonds. The monoisotopic (exact) mass is 255 g/mol. The van der Waals surface area contributed by atoms with Crippen molar-refractivity contribution in [1.29, 1.82) is 0 Å². The van der Waals surface area contributed by atoms with E-state index in [9.17, 15) is 9.50 Å². The maximum atomic E-state index is 12.9. The van der Waals surface area contributed by atoms with Crippen molar-refractivity contribution in [2.24, 2.45) is 0 Å². The summed E-state index contributed by atoms with van der Waals surface area (Å²) in [4.78, 5) is 3.34. The lowest BCUT2D eigenvalue weighted by atomic mass is 9.95. The molecule has 2 aromatic rings. The zero-order chi connectivity index (χ0) is 13.5. The van der Waals surface area contributed by atoms with Crippen LogP contribution in [0.4, 0.5) is 10.1 Å². The van der Waals surface area contributed by atoms with Crippen LogP contribution in [0.15, 0.2) is 42.5 Å². The standard InChI is InChI=1S/C15H10FNO2/c1-17-13-6-7-14-10(8-13)9-19-15(14,18)11-2-4-12(16)5-3-11/h2-8,18H,9H2. The average molecular weight is 255 g/mol. The lowest BCUT2D eigenvalue weighted by Gasteiger charge is -2.23. The molecule has 3 nitrogen and oxygen atoms in total. The Hall–Kier alpha value is -2.22. The molecule has 1 N–H and O–H groups in total. The minimum absolute atomic E-state index is 0.229. The van der Waals surface area contributed by atoms with E-state index in [-0.39, 0.29) is 12.4 Å². The summed E-state index contributed by atoms with van der Waals surface area (Å²) in [6.07, 6.45) is 0. The second-order valence-electron chi connectivity index (χ2n) is 4.39. The molecule has 0 fully saturated rings. The molecule has 3 rings (SSSR count). The van der Waals surface area contributed by atoms with Crippen LogP contribution in [0.5, 0.6) is 0 Å². The van der Waals surface area contributed by atoms with E-state index in [1.807, 2.05) is 0 Å². The van der Waals surface area contributed by atoms with Gasteiger partial charge >= 0.3 is 0 Å². The van der Waals surface area contributed by atoms with Crippen molar-refractivity contribution in [2.75, 3.05) is 0 Å². The molecule has 19 heavy (non-hydrogen) atoms. The number of fused-ring (bicyclic) bond motifs is 1. The maximum Gasteiger partial charge on any atom is 0.220 e. The highest BCUT2D eigenvalue weighted by molar-refractivity contribution is 5.53. The van der Waals surface area contributed by atoms with Crippen molar-refractivity contribution in [3.63, 3.8) is 0 Å². The molecular formula is C15H10FNO2. The summed E-state index contributed by atoms with van der Waals surface area (Å²) in [6, 6.07) is 10.6. The molecule has 0 saturated carbocycles. The molecule has 1 heterocycles. The van der Waals surface area contributed by atoms with Gasteiger partial charge in [-0.05, 0) is 17.7 Å². The van der Waals surface area contributed by atoms with Gasteiger partial charge in [0.15, 0.2) is 5.69 Å². The van der Waals surface area contributed by atoms with Gasteiger partial charge in [0, 0.05) is 11.1 Å². The third kappa shape index (κ3) is 1.80. The normalized spacial score (nSPS) is 20.9. The van der Waals surface area contributed by atoms with Crippen LogP contribution in [0.3, 0.4) is 0 Å².